The maximum absolute atomic E-state index is 12.8. The predicted octanol–water partition coefficient (Wildman–Crippen LogP) is 2.53. The number of carbonyl (C=O) groups excluding carboxylic acids is 1. The Morgan fingerprint density at radius 2 is 2.04 bits per heavy atom. The summed E-state index contributed by atoms with van der Waals surface area (Å²) in [4.78, 5) is 29.1. The van der Waals surface area contributed by atoms with Crippen LogP contribution in [0, 0.1) is 0 Å². The molecule has 7 nitrogen and oxygen atoms in total. The van der Waals surface area contributed by atoms with Crippen molar-refractivity contribution in [2.45, 2.75) is 25.4 Å². The van der Waals surface area contributed by atoms with E-state index in [-0.39, 0.29) is 30.7 Å². The first-order valence-electron chi connectivity index (χ1n) is 8.77. The SMILES string of the molecule is O=C(NCCn1nc(-c2cccnc2)n(C2CC2)c1=O)c1ccccc1Cl. The second-order valence-corrected chi connectivity index (χ2v) is 6.82. The normalized spacial score (nSPS) is 13.5. The lowest BCUT2D eigenvalue weighted by Gasteiger charge is -2.06. The number of nitrogens with zero attached hydrogens (tertiary/aromatic N) is 4. The Balaban J connectivity index is 1.51. The van der Waals surface area contributed by atoms with Crippen molar-refractivity contribution in [2.75, 3.05) is 6.54 Å². The van der Waals surface area contributed by atoms with Crippen molar-refractivity contribution in [1.29, 1.82) is 0 Å². The number of hydrogen-bond acceptors (Lipinski definition) is 4. The van der Waals surface area contributed by atoms with E-state index in [0.717, 1.165) is 18.4 Å². The molecule has 1 saturated carbocycles. The molecule has 1 amide bonds. The molecular weight excluding hydrogens is 366 g/mol. The molecule has 0 saturated heterocycles. The Hall–Kier alpha value is -2.93. The highest BCUT2D eigenvalue weighted by Crippen LogP contribution is 2.36. The van der Waals surface area contributed by atoms with E-state index in [9.17, 15) is 9.59 Å². The first-order valence-corrected chi connectivity index (χ1v) is 9.15. The van der Waals surface area contributed by atoms with E-state index >= 15 is 0 Å². The molecular formula is C19H18ClN5O2. The van der Waals surface area contributed by atoms with Gasteiger partial charge < -0.3 is 5.32 Å². The summed E-state index contributed by atoms with van der Waals surface area (Å²) in [6, 6.07) is 10.7. The molecule has 1 aliphatic rings. The first kappa shape index (κ1) is 17.5. The van der Waals surface area contributed by atoms with Crippen LogP contribution in [-0.2, 0) is 6.54 Å². The number of amides is 1. The summed E-state index contributed by atoms with van der Waals surface area (Å²) < 4.78 is 3.13. The van der Waals surface area contributed by atoms with Gasteiger partial charge in [0.15, 0.2) is 5.82 Å². The van der Waals surface area contributed by atoms with Gasteiger partial charge in [0, 0.05) is 30.5 Å². The van der Waals surface area contributed by atoms with Crippen molar-refractivity contribution in [1.82, 2.24) is 24.6 Å². The maximum Gasteiger partial charge on any atom is 0.346 e. The van der Waals surface area contributed by atoms with Gasteiger partial charge in [-0.2, -0.15) is 0 Å². The quantitative estimate of drug-likeness (QED) is 0.709. The molecule has 0 spiro atoms. The Morgan fingerprint density at radius 1 is 1.22 bits per heavy atom. The lowest BCUT2D eigenvalue weighted by molar-refractivity contribution is 0.0952. The zero-order valence-corrected chi connectivity index (χ0v) is 15.3. The van der Waals surface area contributed by atoms with Crippen molar-refractivity contribution in [3.05, 3.63) is 69.9 Å². The molecule has 0 bridgehead atoms. The molecule has 1 N–H and O–H groups in total. The van der Waals surface area contributed by atoms with Crippen LogP contribution < -0.4 is 11.0 Å². The van der Waals surface area contributed by atoms with E-state index in [4.69, 9.17) is 11.6 Å². The molecule has 3 aromatic rings. The van der Waals surface area contributed by atoms with Crippen molar-refractivity contribution in [3.8, 4) is 11.4 Å². The van der Waals surface area contributed by atoms with Crippen LogP contribution in [0.3, 0.4) is 0 Å². The topological polar surface area (TPSA) is 81.8 Å². The van der Waals surface area contributed by atoms with Gasteiger partial charge in [-0.15, -0.1) is 5.10 Å². The van der Waals surface area contributed by atoms with Gasteiger partial charge in [-0.25, -0.2) is 9.48 Å². The largest absolute Gasteiger partial charge is 0.350 e. The average Bonchev–Trinajstić information content (AvgIpc) is 3.47. The fourth-order valence-corrected chi connectivity index (χ4v) is 3.16. The standard InChI is InChI=1S/C19H18ClN5O2/c20-16-6-2-1-5-15(16)18(26)22-10-11-24-19(27)25(14-7-8-14)17(23-24)13-4-3-9-21-12-13/h1-6,9,12,14H,7-8,10-11H2,(H,22,26). The van der Waals surface area contributed by atoms with Gasteiger partial charge >= 0.3 is 5.69 Å². The minimum Gasteiger partial charge on any atom is -0.350 e. The minimum atomic E-state index is -0.275. The number of halogens is 1. The number of pyridine rings is 1. The van der Waals surface area contributed by atoms with Crippen molar-refractivity contribution in [3.63, 3.8) is 0 Å². The lowest BCUT2D eigenvalue weighted by Crippen LogP contribution is -2.32. The van der Waals surface area contributed by atoms with Crippen LogP contribution in [0.2, 0.25) is 5.02 Å². The Morgan fingerprint density at radius 3 is 2.74 bits per heavy atom. The minimum absolute atomic E-state index is 0.164. The molecule has 2 aromatic heterocycles. The number of rotatable bonds is 6. The predicted molar refractivity (Wildman–Crippen MR) is 102 cm³/mol. The summed E-state index contributed by atoms with van der Waals surface area (Å²) >= 11 is 6.04. The third-order valence-corrected chi connectivity index (χ3v) is 4.76. The summed E-state index contributed by atoms with van der Waals surface area (Å²) in [5, 5.41) is 7.65. The summed E-state index contributed by atoms with van der Waals surface area (Å²) in [7, 11) is 0. The summed E-state index contributed by atoms with van der Waals surface area (Å²) in [5.41, 5.74) is 1.05. The number of carbonyl (C=O) groups is 1. The van der Waals surface area contributed by atoms with Crippen molar-refractivity contribution >= 4 is 17.5 Å². The average molecular weight is 384 g/mol. The highest BCUT2D eigenvalue weighted by molar-refractivity contribution is 6.33. The summed E-state index contributed by atoms with van der Waals surface area (Å²) in [5.74, 6) is 0.343. The molecule has 0 unspecified atom stereocenters. The molecule has 138 valence electrons. The molecule has 1 aliphatic carbocycles. The summed E-state index contributed by atoms with van der Waals surface area (Å²) in [6.07, 6.45) is 5.33. The van der Waals surface area contributed by atoms with Gasteiger partial charge in [0.2, 0.25) is 0 Å². The number of benzene rings is 1. The van der Waals surface area contributed by atoms with E-state index in [1.54, 1.807) is 41.2 Å². The molecule has 0 radical (unpaired) electrons. The van der Waals surface area contributed by atoms with Crippen LogP contribution >= 0.6 is 11.6 Å². The second kappa shape index (κ2) is 7.36. The Labute approximate surface area is 160 Å². The lowest BCUT2D eigenvalue weighted by atomic mass is 10.2. The van der Waals surface area contributed by atoms with E-state index in [1.165, 1.54) is 4.68 Å². The van der Waals surface area contributed by atoms with Crippen molar-refractivity contribution < 1.29 is 4.79 Å². The van der Waals surface area contributed by atoms with E-state index in [0.29, 0.717) is 16.4 Å². The Kier molecular flexibility index (Phi) is 4.77. The maximum atomic E-state index is 12.8. The van der Waals surface area contributed by atoms with Gasteiger partial charge in [-0.3, -0.25) is 14.3 Å². The van der Waals surface area contributed by atoms with Gasteiger partial charge in [-0.1, -0.05) is 23.7 Å². The number of aromatic nitrogens is 4. The highest BCUT2D eigenvalue weighted by atomic mass is 35.5. The van der Waals surface area contributed by atoms with E-state index < -0.39 is 0 Å². The van der Waals surface area contributed by atoms with Gasteiger partial charge in [0.1, 0.15) is 0 Å². The second-order valence-electron chi connectivity index (χ2n) is 6.41. The molecule has 27 heavy (non-hydrogen) atoms. The van der Waals surface area contributed by atoms with Crippen LogP contribution in [0.1, 0.15) is 29.2 Å². The molecule has 4 rings (SSSR count). The summed E-state index contributed by atoms with van der Waals surface area (Å²) in [6.45, 7) is 0.556. The third kappa shape index (κ3) is 3.64. The zero-order chi connectivity index (χ0) is 18.8. The van der Waals surface area contributed by atoms with Gasteiger partial charge in [-0.05, 0) is 37.1 Å². The molecule has 0 aliphatic heterocycles. The fraction of sp³-hybridized carbons (Fsp3) is 0.263. The van der Waals surface area contributed by atoms with Gasteiger partial charge in [0.05, 0.1) is 17.1 Å². The molecule has 8 heteroatoms. The highest BCUT2D eigenvalue weighted by Gasteiger charge is 2.30. The smallest absolute Gasteiger partial charge is 0.346 e. The molecule has 1 aromatic carbocycles. The molecule has 0 atom stereocenters. The van der Waals surface area contributed by atoms with Gasteiger partial charge in [0.25, 0.3) is 5.91 Å². The first-order chi connectivity index (χ1) is 13.1. The van der Waals surface area contributed by atoms with E-state index in [1.807, 2.05) is 12.1 Å². The fourth-order valence-electron chi connectivity index (χ4n) is 2.94. The zero-order valence-electron chi connectivity index (χ0n) is 14.5. The molecule has 2 heterocycles. The number of hydrogen-bond donors (Lipinski definition) is 1. The monoisotopic (exact) mass is 383 g/mol. The van der Waals surface area contributed by atoms with E-state index in [2.05, 4.69) is 15.4 Å². The van der Waals surface area contributed by atoms with Crippen LogP contribution in [0.4, 0.5) is 0 Å². The van der Waals surface area contributed by atoms with Crippen molar-refractivity contribution in [2.24, 2.45) is 0 Å². The van der Waals surface area contributed by atoms with Crippen LogP contribution in [0.5, 0.6) is 0 Å². The Bertz CT molecular complexity index is 1020. The molecule has 1 fully saturated rings. The van der Waals surface area contributed by atoms with Crippen LogP contribution in [-0.4, -0.2) is 31.8 Å². The van der Waals surface area contributed by atoms with Crippen LogP contribution in [0.25, 0.3) is 11.4 Å². The third-order valence-electron chi connectivity index (χ3n) is 4.43. The van der Waals surface area contributed by atoms with Crippen LogP contribution in [0.15, 0.2) is 53.6 Å². The number of nitrogens with one attached hydrogen (secondary N) is 1.